The molecule has 2 nitrogen and oxygen atoms in total. The van der Waals surface area contributed by atoms with Gasteiger partial charge in [0.2, 0.25) is 0 Å². The van der Waals surface area contributed by atoms with Crippen LogP contribution in [0.1, 0.15) is 47.7 Å². The van der Waals surface area contributed by atoms with Crippen LogP contribution >= 0.6 is 0 Å². The van der Waals surface area contributed by atoms with Gasteiger partial charge in [0.05, 0.1) is 0 Å². The quantitative estimate of drug-likeness (QED) is 0.651. The van der Waals surface area contributed by atoms with E-state index in [2.05, 4.69) is 13.8 Å². The van der Waals surface area contributed by atoms with E-state index in [4.69, 9.17) is 5.73 Å². The van der Waals surface area contributed by atoms with Gasteiger partial charge in [-0.2, -0.15) is 0 Å². The van der Waals surface area contributed by atoms with E-state index < -0.39 is 0 Å². The first-order chi connectivity index (χ1) is 9.56. The number of benzene rings is 2. The van der Waals surface area contributed by atoms with Crippen LogP contribution in [0.15, 0.2) is 48.5 Å². The van der Waals surface area contributed by atoms with E-state index in [0.717, 1.165) is 23.2 Å². The molecule has 0 aliphatic heterocycles. The van der Waals surface area contributed by atoms with Crippen LogP contribution in [0.3, 0.4) is 0 Å². The predicted octanol–water partition coefficient (Wildman–Crippen LogP) is 4.21. The van der Waals surface area contributed by atoms with Crippen LogP contribution in [0.4, 0.5) is 5.69 Å². The smallest absolute Gasteiger partial charge is 0.163 e. The summed E-state index contributed by atoms with van der Waals surface area (Å²) in [7, 11) is 0. The molecule has 0 unspecified atom stereocenters. The molecule has 0 saturated heterocycles. The lowest BCUT2D eigenvalue weighted by Gasteiger charge is -2.06. The Balaban J connectivity index is 1.96. The number of carbonyl (C=O) groups excluding carboxylic acids is 1. The molecule has 0 fully saturated rings. The molecule has 0 aromatic heterocycles. The molecule has 0 amide bonds. The fraction of sp³-hybridized carbons (Fsp3) is 0.278. The Hall–Kier alpha value is -2.09. The number of rotatable bonds is 5. The van der Waals surface area contributed by atoms with Gasteiger partial charge in [-0.25, -0.2) is 0 Å². The zero-order valence-electron chi connectivity index (χ0n) is 12.1. The van der Waals surface area contributed by atoms with Crippen LogP contribution in [0.25, 0.3) is 0 Å². The second-order valence-corrected chi connectivity index (χ2v) is 5.44. The molecule has 0 bridgehead atoms. The summed E-state index contributed by atoms with van der Waals surface area (Å²) in [6.07, 6.45) is 1.29. The van der Waals surface area contributed by atoms with Crippen molar-refractivity contribution in [2.24, 2.45) is 0 Å². The average Bonchev–Trinajstić information content (AvgIpc) is 2.46. The van der Waals surface area contributed by atoms with Crippen molar-refractivity contribution in [2.75, 3.05) is 5.73 Å². The van der Waals surface area contributed by atoms with E-state index in [1.807, 2.05) is 48.5 Å². The molecule has 0 radical (unpaired) electrons. The third-order valence-corrected chi connectivity index (χ3v) is 3.52. The van der Waals surface area contributed by atoms with Crippen LogP contribution in [-0.2, 0) is 6.42 Å². The summed E-state index contributed by atoms with van der Waals surface area (Å²) >= 11 is 0. The van der Waals surface area contributed by atoms with Crippen LogP contribution in [0.5, 0.6) is 0 Å². The first-order valence-corrected chi connectivity index (χ1v) is 7.04. The molecular formula is C18H21NO. The van der Waals surface area contributed by atoms with Gasteiger partial charge in [-0.3, -0.25) is 4.79 Å². The Kier molecular flexibility index (Phi) is 4.57. The highest BCUT2D eigenvalue weighted by Crippen LogP contribution is 2.16. The standard InChI is InChI=1S/C18H21NO/c1-13(2)15-6-8-16(9-7-15)18(20)12-5-14-3-10-17(19)11-4-14/h3-4,6-11,13H,5,12,19H2,1-2H3. The summed E-state index contributed by atoms with van der Waals surface area (Å²) in [6.45, 7) is 4.30. The minimum atomic E-state index is 0.192. The number of ketones is 1. The minimum Gasteiger partial charge on any atom is -0.399 e. The molecule has 20 heavy (non-hydrogen) atoms. The summed E-state index contributed by atoms with van der Waals surface area (Å²) in [5.41, 5.74) is 9.60. The van der Waals surface area contributed by atoms with Gasteiger partial charge in [0.25, 0.3) is 0 Å². The number of hydrogen-bond donors (Lipinski definition) is 1. The lowest BCUT2D eigenvalue weighted by atomic mass is 9.98. The van der Waals surface area contributed by atoms with Gasteiger partial charge in [0.15, 0.2) is 5.78 Å². The van der Waals surface area contributed by atoms with Crippen molar-refractivity contribution in [1.82, 2.24) is 0 Å². The highest BCUT2D eigenvalue weighted by atomic mass is 16.1. The Morgan fingerprint density at radius 1 is 1.00 bits per heavy atom. The van der Waals surface area contributed by atoms with Crippen LogP contribution in [-0.4, -0.2) is 5.78 Å². The fourth-order valence-electron chi connectivity index (χ4n) is 2.14. The van der Waals surface area contributed by atoms with Crippen LogP contribution in [0, 0.1) is 0 Å². The van der Waals surface area contributed by atoms with Gasteiger partial charge in [0, 0.05) is 17.7 Å². The highest BCUT2D eigenvalue weighted by Gasteiger charge is 2.07. The van der Waals surface area contributed by atoms with Crippen molar-refractivity contribution in [3.8, 4) is 0 Å². The summed E-state index contributed by atoms with van der Waals surface area (Å²) in [6, 6.07) is 15.6. The molecule has 2 aromatic rings. The Morgan fingerprint density at radius 3 is 2.15 bits per heavy atom. The monoisotopic (exact) mass is 267 g/mol. The predicted molar refractivity (Wildman–Crippen MR) is 84.0 cm³/mol. The summed E-state index contributed by atoms with van der Waals surface area (Å²) < 4.78 is 0. The van der Waals surface area contributed by atoms with E-state index in [0.29, 0.717) is 12.3 Å². The van der Waals surface area contributed by atoms with Gasteiger partial charge in [-0.1, -0.05) is 50.2 Å². The lowest BCUT2D eigenvalue weighted by molar-refractivity contribution is 0.0983. The van der Waals surface area contributed by atoms with Gasteiger partial charge in [-0.05, 0) is 35.6 Å². The topological polar surface area (TPSA) is 43.1 Å². The minimum absolute atomic E-state index is 0.192. The maximum atomic E-state index is 12.1. The molecule has 2 aromatic carbocycles. The number of nitrogens with two attached hydrogens (primary N) is 1. The number of Topliss-reactive ketones (excluding diaryl/α,β-unsaturated/α-hetero) is 1. The molecular weight excluding hydrogens is 246 g/mol. The van der Waals surface area contributed by atoms with Crippen molar-refractivity contribution < 1.29 is 4.79 Å². The first kappa shape index (κ1) is 14.3. The number of aryl methyl sites for hydroxylation is 1. The second kappa shape index (κ2) is 6.38. The maximum absolute atomic E-state index is 12.1. The van der Waals surface area contributed by atoms with E-state index in [1.165, 1.54) is 5.56 Å². The molecule has 0 aliphatic carbocycles. The Morgan fingerprint density at radius 2 is 1.60 bits per heavy atom. The molecule has 0 heterocycles. The molecule has 2 heteroatoms. The van der Waals surface area contributed by atoms with Gasteiger partial charge < -0.3 is 5.73 Å². The van der Waals surface area contributed by atoms with Crippen LogP contribution < -0.4 is 5.73 Å². The Bertz CT molecular complexity index is 567. The molecule has 104 valence electrons. The second-order valence-electron chi connectivity index (χ2n) is 5.44. The molecule has 2 N–H and O–H groups in total. The average molecular weight is 267 g/mol. The van der Waals surface area contributed by atoms with Crippen LogP contribution in [0.2, 0.25) is 0 Å². The third-order valence-electron chi connectivity index (χ3n) is 3.52. The van der Waals surface area contributed by atoms with Gasteiger partial charge in [0.1, 0.15) is 0 Å². The zero-order valence-corrected chi connectivity index (χ0v) is 12.1. The Labute approximate surface area is 120 Å². The summed E-state index contributed by atoms with van der Waals surface area (Å²) in [5.74, 6) is 0.686. The molecule has 0 atom stereocenters. The molecule has 0 spiro atoms. The number of hydrogen-bond acceptors (Lipinski definition) is 2. The lowest BCUT2D eigenvalue weighted by Crippen LogP contribution is -2.01. The first-order valence-electron chi connectivity index (χ1n) is 7.04. The number of carbonyl (C=O) groups is 1. The normalized spacial score (nSPS) is 10.8. The fourth-order valence-corrected chi connectivity index (χ4v) is 2.14. The largest absolute Gasteiger partial charge is 0.399 e. The molecule has 2 rings (SSSR count). The molecule has 0 saturated carbocycles. The number of nitrogen functional groups attached to an aromatic ring is 1. The maximum Gasteiger partial charge on any atom is 0.163 e. The van der Waals surface area contributed by atoms with Gasteiger partial charge in [-0.15, -0.1) is 0 Å². The van der Waals surface area contributed by atoms with Crippen molar-refractivity contribution in [3.63, 3.8) is 0 Å². The van der Waals surface area contributed by atoms with Gasteiger partial charge >= 0.3 is 0 Å². The summed E-state index contributed by atoms with van der Waals surface area (Å²) in [5, 5.41) is 0. The van der Waals surface area contributed by atoms with Crippen molar-refractivity contribution >= 4 is 11.5 Å². The van der Waals surface area contributed by atoms with Crippen molar-refractivity contribution in [3.05, 3.63) is 65.2 Å². The van der Waals surface area contributed by atoms with E-state index in [-0.39, 0.29) is 5.78 Å². The van der Waals surface area contributed by atoms with E-state index in [9.17, 15) is 4.79 Å². The van der Waals surface area contributed by atoms with E-state index >= 15 is 0 Å². The van der Waals surface area contributed by atoms with Crippen molar-refractivity contribution in [2.45, 2.75) is 32.6 Å². The number of anilines is 1. The third kappa shape index (κ3) is 3.70. The molecule has 0 aliphatic rings. The SMILES string of the molecule is CC(C)c1ccc(C(=O)CCc2ccc(N)cc2)cc1. The summed E-state index contributed by atoms with van der Waals surface area (Å²) in [4.78, 5) is 12.1. The van der Waals surface area contributed by atoms with E-state index in [1.54, 1.807) is 0 Å². The van der Waals surface area contributed by atoms with Crippen molar-refractivity contribution in [1.29, 1.82) is 0 Å². The zero-order chi connectivity index (χ0) is 14.5. The highest BCUT2D eigenvalue weighted by molar-refractivity contribution is 5.96.